The second-order valence-corrected chi connectivity index (χ2v) is 4.22. The second-order valence-electron chi connectivity index (χ2n) is 3.39. The van der Waals surface area contributed by atoms with Gasteiger partial charge in [0.25, 0.3) is 0 Å². The minimum atomic E-state index is -0.210. The molecule has 2 aromatic rings. The van der Waals surface area contributed by atoms with Crippen LogP contribution in [0.4, 0.5) is 9.93 Å². The highest BCUT2D eigenvalue weighted by Crippen LogP contribution is 2.09. The van der Waals surface area contributed by atoms with Crippen LogP contribution >= 0.6 is 11.3 Å². The minimum absolute atomic E-state index is 0.210. The Hall–Kier alpha value is -2.02. The summed E-state index contributed by atoms with van der Waals surface area (Å²) in [5.74, 6) is 0. The summed E-state index contributed by atoms with van der Waals surface area (Å²) in [6, 6.07) is 3.53. The smallest absolute Gasteiger partial charge is 0.323 e. The number of carbonyl (C=O) groups excluding carboxylic acids is 1. The fourth-order valence-electron chi connectivity index (χ4n) is 1.25. The average molecular weight is 249 g/mol. The monoisotopic (exact) mass is 249 g/mol. The van der Waals surface area contributed by atoms with E-state index in [1.54, 1.807) is 29.9 Å². The molecule has 88 valence electrons. The zero-order valence-electron chi connectivity index (χ0n) is 9.20. The number of anilines is 1. The summed E-state index contributed by atoms with van der Waals surface area (Å²) in [4.78, 5) is 17.2. The molecule has 2 amide bonds. The van der Waals surface area contributed by atoms with Gasteiger partial charge in [0.2, 0.25) is 5.13 Å². The Morgan fingerprint density at radius 1 is 1.47 bits per heavy atom. The van der Waals surface area contributed by atoms with Gasteiger partial charge >= 0.3 is 6.03 Å². The van der Waals surface area contributed by atoms with Crippen molar-refractivity contribution in [2.45, 2.75) is 6.54 Å². The van der Waals surface area contributed by atoms with Crippen LogP contribution in [-0.2, 0) is 6.54 Å². The number of amides is 2. The van der Waals surface area contributed by atoms with Crippen LogP contribution in [0.2, 0.25) is 0 Å². The molecule has 2 rings (SSSR count). The molecule has 0 unspecified atom stereocenters. The quantitative estimate of drug-likeness (QED) is 0.896. The van der Waals surface area contributed by atoms with E-state index in [1.807, 2.05) is 12.1 Å². The third-order valence-corrected chi connectivity index (χ3v) is 2.70. The third kappa shape index (κ3) is 3.22. The van der Waals surface area contributed by atoms with E-state index in [4.69, 9.17) is 0 Å². The molecule has 0 aliphatic carbocycles. The molecule has 17 heavy (non-hydrogen) atoms. The van der Waals surface area contributed by atoms with Crippen LogP contribution in [-0.4, -0.2) is 33.2 Å². The van der Waals surface area contributed by atoms with Gasteiger partial charge in [0.15, 0.2) is 0 Å². The van der Waals surface area contributed by atoms with Crippen LogP contribution in [0.1, 0.15) is 5.56 Å². The molecule has 0 spiro atoms. The van der Waals surface area contributed by atoms with Crippen LogP contribution in [0.25, 0.3) is 0 Å². The SMILES string of the molecule is CN(Cc1ccncc1)C(=O)Nc1nncs1. The summed E-state index contributed by atoms with van der Waals surface area (Å²) < 4.78 is 0. The van der Waals surface area contributed by atoms with E-state index >= 15 is 0 Å². The zero-order chi connectivity index (χ0) is 12.1. The van der Waals surface area contributed by atoms with Crippen molar-refractivity contribution in [3.63, 3.8) is 0 Å². The molecule has 0 aliphatic rings. The van der Waals surface area contributed by atoms with Gasteiger partial charge in [-0.25, -0.2) is 4.79 Å². The standard InChI is InChI=1S/C10H11N5OS/c1-15(6-8-2-4-11-5-3-8)10(16)13-9-14-12-7-17-9/h2-5,7H,6H2,1H3,(H,13,14,16). The van der Waals surface area contributed by atoms with Crippen molar-refractivity contribution in [1.82, 2.24) is 20.1 Å². The van der Waals surface area contributed by atoms with E-state index in [1.165, 1.54) is 11.3 Å². The number of aromatic nitrogens is 3. The van der Waals surface area contributed by atoms with Gasteiger partial charge in [-0.3, -0.25) is 10.3 Å². The summed E-state index contributed by atoms with van der Waals surface area (Å²) in [7, 11) is 1.72. The van der Waals surface area contributed by atoms with E-state index in [2.05, 4.69) is 20.5 Å². The third-order valence-electron chi connectivity index (χ3n) is 2.09. The number of hydrogen-bond donors (Lipinski definition) is 1. The maximum absolute atomic E-state index is 11.8. The Kier molecular flexibility index (Phi) is 3.61. The fraction of sp³-hybridized carbons (Fsp3) is 0.200. The van der Waals surface area contributed by atoms with Crippen molar-refractivity contribution in [2.75, 3.05) is 12.4 Å². The Labute approximate surface area is 102 Å². The van der Waals surface area contributed by atoms with Crippen LogP contribution in [0, 0.1) is 0 Å². The van der Waals surface area contributed by atoms with E-state index in [-0.39, 0.29) is 6.03 Å². The summed E-state index contributed by atoms with van der Waals surface area (Å²) in [5.41, 5.74) is 2.59. The average Bonchev–Trinajstić information content (AvgIpc) is 2.83. The number of urea groups is 1. The second kappa shape index (κ2) is 5.35. The lowest BCUT2D eigenvalue weighted by molar-refractivity contribution is 0.220. The molecule has 0 fully saturated rings. The summed E-state index contributed by atoms with van der Waals surface area (Å²) in [5, 5.41) is 10.5. The molecule has 0 bridgehead atoms. The highest BCUT2D eigenvalue weighted by molar-refractivity contribution is 7.13. The molecule has 0 saturated heterocycles. The molecule has 7 heteroatoms. The van der Waals surface area contributed by atoms with Gasteiger partial charge < -0.3 is 4.90 Å². The largest absolute Gasteiger partial charge is 0.323 e. The van der Waals surface area contributed by atoms with Crippen molar-refractivity contribution < 1.29 is 4.79 Å². The van der Waals surface area contributed by atoms with Gasteiger partial charge in [0.1, 0.15) is 5.51 Å². The summed E-state index contributed by atoms with van der Waals surface area (Å²) >= 11 is 1.28. The van der Waals surface area contributed by atoms with Gasteiger partial charge in [0, 0.05) is 26.0 Å². The molecule has 2 aromatic heterocycles. The van der Waals surface area contributed by atoms with Crippen LogP contribution in [0.5, 0.6) is 0 Å². The Balaban J connectivity index is 1.92. The number of nitrogens with one attached hydrogen (secondary N) is 1. The maximum Gasteiger partial charge on any atom is 0.323 e. The number of rotatable bonds is 3. The predicted octanol–water partition coefficient (Wildman–Crippen LogP) is 1.60. The van der Waals surface area contributed by atoms with Crippen LogP contribution in [0.15, 0.2) is 30.0 Å². The highest BCUT2D eigenvalue weighted by Gasteiger charge is 2.10. The van der Waals surface area contributed by atoms with Crippen LogP contribution in [0.3, 0.4) is 0 Å². The number of hydrogen-bond acceptors (Lipinski definition) is 5. The molecule has 0 radical (unpaired) electrons. The molecule has 6 nitrogen and oxygen atoms in total. The maximum atomic E-state index is 11.8. The lowest BCUT2D eigenvalue weighted by Crippen LogP contribution is -2.30. The fourth-order valence-corrected chi connectivity index (χ4v) is 1.68. The topological polar surface area (TPSA) is 71.0 Å². The molecule has 0 saturated carbocycles. The lowest BCUT2D eigenvalue weighted by atomic mass is 10.2. The van der Waals surface area contributed by atoms with Gasteiger partial charge in [-0.2, -0.15) is 0 Å². The van der Waals surface area contributed by atoms with Gasteiger partial charge in [-0.05, 0) is 17.7 Å². The first kappa shape index (κ1) is 11.5. The summed E-state index contributed by atoms with van der Waals surface area (Å²) in [6.45, 7) is 0.521. The number of nitrogens with zero attached hydrogens (tertiary/aromatic N) is 4. The molecule has 2 heterocycles. The molecule has 1 N–H and O–H groups in total. The Morgan fingerprint density at radius 2 is 2.24 bits per heavy atom. The van der Waals surface area contributed by atoms with Crippen LogP contribution < -0.4 is 5.32 Å². The van der Waals surface area contributed by atoms with Gasteiger partial charge in [-0.1, -0.05) is 11.3 Å². The lowest BCUT2D eigenvalue weighted by Gasteiger charge is -2.16. The molecular weight excluding hydrogens is 238 g/mol. The first-order valence-corrected chi connectivity index (χ1v) is 5.81. The summed E-state index contributed by atoms with van der Waals surface area (Å²) in [6.07, 6.45) is 3.40. The van der Waals surface area contributed by atoms with E-state index < -0.39 is 0 Å². The Morgan fingerprint density at radius 3 is 2.88 bits per heavy atom. The zero-order valence-corrected chi connectivity index (χ0v) is 10.0. The van der Waals surface area contributed by atoms with E-state index in [0.29, 0.717) is 11.7 Å². The van der Waals surface area contributed by atoms with Gasteiger partial charge in [0.05, 0.1) is 0 Å². The minimum Gasteiger partial charge on any atom is -0.323 e. The highest BCUT2D eigenvalue weighted by atomic mass is 32.1. The Bertz CT molecular complexity index is 473. The predicted molar refractivity (Wildman–Crippen MR) is 64.6 cm³/mol. The molecule has 0 aromatic carbocycles. The number of pyridine rings is 1. The molecular formula is C10H11N5OS. The number of carbonyl (C=O) groups is 1. The van der Waals surface area contributed by atoms with Crippen molar-refractivity contribution in [2.24, 2.45) is 0 Å². The molecule has 0 atom stereocenters. The van der Waals surface area contributed by atoms with Crippen molar-refractivity contribution >= 4 is 22.5 Å². The van der Waals surface area contributed by atoms with E-state index in [0.717, 1.165) is 5.56 Å². The normalized spacial score (nSPS) is 9.94. The first-order chi connectivity index (χ1) is 8.25. The van der Waals surface area contributed by atoms with Gasteiger partial charge in [-0.15, -0.1) is 10.2 Å². The van der Waals surface area contributed by atoms with Crippen molar-refractivity contribution in [3.05, 3.63) is 35.6 Å². The van der Waals surface area contributed by atoms with Crippen molar-refractivity contribution in [3.8, 4) is 0 Å². The first-order valence-electron chi connectivity index (χ1n) is 4.93. The van der Waals surface area contributed by atoms with Crippen molar-refractivity contribution in [1.29, 1.82) is 0 Å². The van der Waals surface area contributed by atoms with E-state index in [9.17, 15) is 4.79 Å². The molecule has 0 aliphatic heterocycles.